The van der Waals surface area contributed by atoms with E-state index in [2.05, 4.69) is 4.99 Å². The molecule has 1 heterocycles. The van der Waals surface area contributed by atoms with Crippen LogP contribution in [0, 0.1) is 5.41 Å². The molecule has 5 nitrogen and oxygen atoms in total. The Morgan fingerprint density at radius 3 is 2.70 bits per heavy atom. The smallest absolute Gasteiger partial charge is 0.362 e. The molecule has 0 bridgehead atoms. The Hall–Kier alpha value is -2.69. The Morgan fingerprint density at radius 1 is 1.22 bits per heavy atom. The van der Waals surface area contributed by atoms with E-state index < -0.39 is 5.63 Å². The van der Waals surface area contributed by atoms with E-state index in [-0.39, 0.29) is 28.2 Å². The molecule has 1 aliphatic carbocycles. The minimum atomic E-state index is -0.580. The predicted octanol–water partition coefficient (Wildman–Crippen LogP) is 3.70. The average Bonchev–Trinajstić information content (AvgIpc) is 2.45. The first-order chi connectivity index (χ1) is 10.9. The number of fused-ring (bicyclic) bond motifs is 1. The van der Waals surface area contributed by atoms with Gasteiger partial charge in [0, 0.05) is 24.4 Å². The normalized spacial score (nSPS) is 18.1. The van der Waals surface area contributed by atoms with Gasteiger partial charge in [-0.1, -0.05) is 32.0 Å². The van der Waals surface area contributed by atoms with E-state index in [0.29, 0.717) is 18.4 Å². The lowest BCUT2D eigenvalue weighted by molar-refractivity contribution is -0.117. The summed E-state index contributed by atoms with van der Waals surface area (Å²) in [5, 5.41) is 10.8. The van der Waals surface area contributed by atoms with Gasteiger partial charge in [-0.15, -0.1) is 0 Å². The third-order valence-electron chi connectivity index (χ3n) is 3.85. The second kappa shape index (κ2) is 5.50. The van der Waals surface area contributed by atoms with Crippen LogP contribution in [-0.2, 0) is 4.79 Å². The van der Waals surface area contributed by atoms with Gasteiger partial charge in [-0.05, 0) is 17.5 Å². The summed E-state index contributed by atoms with van der Waals surface area (Å²) >= 11 is 0. The number of rotatable bonds is 2. The van der Waals surface area contributed by atoms with E-state index >= 15 is 0 Å². The Bertz CT molecular complexity index is 903. The van der Waals surface area contributed by atoms with Crippen LogP contribution in [0.5, 0.6) is 0 Å². The number of para-hydroxylation sites is 1. The molecule has 5 heteroatoms. The van der Waals surface area contributed by atoms with Crippen LogP contribution in [0.4, 0.5) is 5.69 Å². The van der Waals surface area contributed by atoms with Gasteiger partial charge in [0.2, 0.25) is 0 Å². The molecule has 3 rings (SSSR count). The van der Waals surface area contributed by atoms with Crippen LogP contribution in [-0.4, -0.2) is 17.1 Å². The first-order valence-electron chi connectivity index (χ1n) is 7.38. The molecule has 0 aliphatic heterocycles. The highest BCUT2D eigenvalue weighted by molar-refractivity contribution is 6.14. The molecule has 0 amide bonds. The number of carbonyl (C=O) groups excluding carboxylic acids is 1. The van der Waals surface area contributed by atoms with Crippen LogP contribution in [0.3, 0.4) is 0 Å². The molecule has 1 N–H and O–H groups in total. The molecule has 0 fully saturated rings. The fourth-order valence-corrected chi connectivity index (χ4v) is 2.72. The topological polar surface area (TPSA) is 79.9 Å². The van der Waals surface area contributed by atoms with E-state index in [1.165, 1.54) is 6.21 Å². The number of aliphatic hydroxyl groups excluding tert-OH is 1. The molecule has 1 aromatic carbocycles. The molecule has 0 spiro atoms. The van der Waals surface area contributed by atoms with Crippen molar-refractivity contribution in [2.24, 2.45) is 10.4 Å². The number of nitrogens with zero attached hydrogens (tertiary/aromatic N) is 1. The van der Waals surface area contributed by atoms with E-state index in [0.717, 1.165) is 5.39 Å². The summed E-state index contributed by atoms with van der Waals surface area (Å²) in [6.07, 6.45) is 2.01. The highest BCUT2D eigenvalue weighted by atomic mass is 16.4. The van der Waals surface area contributed by atoms with Gasteiger partial charge in [0.1, 0.15) is 17.0 Å². The molecule has 0 saturated carbocycles. The van der Waals surface area contributed by atoms with Crippen molar-refractivity contribution in [1.29, 1.82) is 0 Å². The number of aliphatic imine (C=N–C) groups is 1. The van der Waals surface area contributed by atoms with Crippen LogP contribution in [0.1, 0.15) is 26.7 Å². The van der Waals surface area contributed by atoms with E-state index in [9.17, 15) is 14.7 Å². The molecule has 0 saturated heterocycles. The molecule has 1 aromatic heterocycles. The third kappa shape index (κ3) is 3.08. The molecular formula is C18H17NO4. The first kappa shape index (κ1) is 15.2. The maximum absolute atomic E-state index is 12.1. The summed E-state index contributed by atoms with van der Waals surface area (Å²) in [5.41, 5.74) is -0.100. The van der Waals surface area contributed by atoms with Gasteiger partial charge in [0.05, 0.1) is 5.57 Å². The maximum Gasteiger partial charge on any atom is 0.362 e. The molecule has 1 aliphatic rings. The molecule has 23 heavy (non-hydrogen) atoms. The zero-order valence-electron chi connectivity index (χ0n) is 13.0. The van der Waals surface area contributed by atoms with Crippen molar-refractivity contribution >= 4 is 28.7 Å². The van der Waals surface area contributed by atoms with Crippen molar-refractivity contribution in [1.82, 2.24) is 0 Å². The lowest BCUT2D eigenvalue weighted by Crippen LogP contribution is -2.26. The highest BCUT2D eigenvalue weighted by Gasteiger charge is 2.32. The number of ketones is 1. The minimum absolute atomic E-state index is 0.0141. The van der Waals surface area contributed by atoms with Gasteiger partial charge >= 0.3 is 5.63 Å². The quantitative estimate of drug-likeness (QED) is 0.677. The fraction of sp³-hybridized carbons (Fsp3) is 0.278. The molecule has 0 radical (unpaired) electrons. The zero-order chi connectivity index (χ0) is 16.6. The van der Waals surface area contributed by atoms with Gasteiger partial charge in [-0.2, -0.15) is 0 Å². The summed E-state index contributed by atoms with van der Waals surface area (Å²) < 4.78 is 5.19. The van der Waals surface area contributed by atoms with Gasteiger partial charge in [-0.25, -0.2) is 9.79 Å². The third-order valence-corrected chi connectivity index (χ3v) is 3.85. The monoisotopic (exact) mass is 311 g/mol. The lowest BCUT2D eigenvalue weighted by Gasteiger charge is -2.28. The van der Waals surface area contributed by atoms with Crippen LogP contribution < -0.4 is 5.63 Å². The van der Waals surface area contributed by atoms with E-state index in [4.69, 9.17) is 4.42 Å². The lowest BCUT2D eigenvalue weighted by atomic mass is 9.77. The van der Waals surface area contributed by atoms with Crippen molar-refractivity contribution in [3.63, 3.8) is 0 Å². The van der Waals surface area contributed by atoms with Crippen LogP contribution in [0.15, 0.2) is 55.9 Å². The molecule has 2 aromatic rings. The largest absolute Gasteiger partial charge is 0.511 e. The van der Waals surface area contributed by atoms with Crippen molar-refractivity contribution in [2.45, 2.75) is 26.7 Å². The maximum atomic E-state index is 12.1. The summed E-state index contributed by atoms with van der Waals surface area (Å²) in [4.78, 5) is 28.1. The van der Waals surface area contributed by atoms with Gasteiger partial charge in [0.25, 0.3) is 0 Å². The Kier molecular flexibility index (Phi) is 3.64. The number of Topliss-reactive ketones (excluding diaryl/α,β-unsaturated/α-hetero) is 1. The number of aliphatic hydroxyl groups is 1. The summed E-state index contributed by atoms with van der Waals surface area (Å²) in [7, 11) is 0. The summed E-state index contributed by atoms with van der Waals surface area (Å²) in [6.45, 7) is 3.85. The van der Waals surface area contributed by atoms with Crippen LogP contribution in [0.25, 0.3) is 11.0 Å². The molecular weight excluding hydrogens is 294 g/mol. The van der Waals surface area contributed by atoms with Crippen molar-refractivity contribution in [3.05, 3.63) is 52.1 Å². The van der Waals surface area contributed by atoms with E-state index in [1.807, 2.05) is 26.0 Å². The van der Waals surface area contributed by atoms with E-state index in [1.54, 1.807) is 18.2 Å². The molecule has 118 valence electrons. The van der Waals surface area contributed by atoms with Crippen molar-refractivity contribution in [2.75, 3.05) is 0 Å². The number of hydrogen-bond donors (Lipinski definition) is 1. The van der Waals surface area contributed by atoms with Crippen LogP contribution >= 0.6 is 0 Å². The number of hydrogen-bond acceptors (Lipinski definition) is 5. The predicted molar refractivity (Wildman–Crippen MR) is 88.3 cm³/mol. The summed E-state index contributed by atoms with van der Waals surface area (Å²) in [5.74, 6) is -0.159. The second-order valence-electron chi connectivity index (χ2n) is 6.52. The summed E-state index contributed by atoms with van der Waals surface area (Å²) in [6, 6.07) is 8.72. The van der Waals surface area contributed by atoms with Crippen molar-refractivity contribution < 1.29 is 14.3 Å². The minimum Gasteiger partial charge on any atom is -0.511 e. The molecule has 0 atom stereocenters. The number of allylic oxidation sites excluding steroid dienone is 2. The molecule has 0 unspecified atom stereocenters. The first-order valence-corrected chi connectivity index (χ1v) is 7.38. The van der Waals surface area contributed by atoms with Crippen LogP contribution in [0.2, 0.25) is 0 Å². The number of carbonyl (C=O) groups is 1. The van der Waals surface area contributed by atoms with Gasteiger partial charge in [-0.3, -0.25) is 4.79 Å². The Morgan fingerprint density at radius 2 is 1.96 bits per heavy atom. The highest BCUT2D eigenvalue weighted by Crippen LogP contribution is 2.35. The van der Waals surface area contributed by atoms with Gasteiger partial charge in [0.15, 0.2) is 5.78 Å². The second-order valence-corrected chi connectivity index (χ2v) is 6.52. The Labute approximate surface area is 133 Å². The number of benzene rings is 1. The zero-order valence-corrected chi connectivity index (χ0v) is 13.0. The standard InChI is InChI=1S/C18H17NO4/c1-18(2)8-14(20)12(15(21)9-18)10-19-13-7-11-5-3-4-6-16(11)23-17(13)22/h3-7,10,20H,8-9H2,1-2H3. The van der Waals surface area contributed by atoms with Crippen molar-refractivity contribution in [3.8, 4) is 0 Å². The Balaban J connectivity index is 1.99. The van der Waals surface area contributed by atoms with Gasteiger partial charge < -0.3 is 9.52 Å². The average molecular weight is 311 g/mol. The fourth-order valence-electron chi connectivity index (χ4n) is 2.72. The SMILES string of the molecule is CC1(C)CC(=O)C(C=Nc2cc3ccccc3oc2=O)=C(O)C1.